The number of non-ortho nitro benzene ring substituents is 1. The topological polar surface area (TPSA) is 103 Å². The molecule has 0 aliphatic carbocycles. The first-order chi connectivity index (χ1) is 12.5. The molecule has 8 heteroatoms. The molecule has 0 aromatic heterocycles. The Bertz CT molecular complexity index is 777. The molecule has 0 aliphatic rings. The number of hydrogen-bond donors (Lipinski definition) is 2. The van der Waals surface area contributed by atoms with Gasteiger partial charge in [0.25, 0.3) is 5.69 Å². The fraction of sp³-hybridized carbons (Fsp3) is 0.278. The second-order valence-corrected chi connectivity index (χ2v) is 5.47. The molecule has 0 radical (unpaired) electrons. The molecule has 0 heterocycles. The van der Waals surface area contributed by atoms with Gasteiger partial charge in [0.05, 0.1) is 30.9 Å². The van der Waals surface area contributed by atoms with Crippen LogP contribution in [0.5, 0.6) is 11.5 Å². The third kappa shape index (κ3) is 4.62. The van der Waals surface area contributed by atoms with Gasteiger partial charge in [0.15, 0.2) is 0 Å². The van der Waals surface area contributed by atoms with Crippen molar-refractivity contribution in [1.82, 2.24) is 5.32 Å². The number of benzene rings is 2. The van der Waals surface area contributed by atoms with Crippen LogP contribution in [0.2, 0.25) is 0 Å². The summed E-state index contributed by atoms with van der Waals surface area (Å²) in [5, 5.41) is 16.4. The summed E-state index contributed by atoms with van der Waals surface area (Å²) in [6.45, 7) is 1.95. The number of ether oxygens (including phenoxy) is 2. The highest BCUT2D eigenvalue weighted by Gasteiger charge is 2.16. The minimum atomic E-state index is -0.533. The molecule has 1 atom stereocenters. The van der Waals surface area contributed by atoms with Crippen LogP contribution in [0.3, 0.4) is 0 Å². The molecule has 2 aromatic rings. The number of nitro groups is 1. The maximum absolute atomic E-state index is 12.4. The van der Waals surface area contributed by atoms with E-state index in [1.165, 1.54) is 25.3 Å². The van der Waals surface area contributed by atoms with Crippen molar-refractivity contribution >= 4 is 17.4 Å². The summed E-state index contributed by atoms with van der Waals surface area (Å²) in [7, 11) is 3.01. The summed E-state index contributed by atoms with van der Waals surface area (Å²) >= 11 is 0. The molecule has 0 fully saturated rings. The van der Waals surface area contributed by atoms with Crippen LogP contribution < -0.4 is 20.1 Å². The van der Waals surface area contributed by atoms with Crippen molar-refractivity contribution in [3.05, 3.63) is 58.1 Å². The number of methoxy groups -OCH3 is 2. The van der Waals surface area contributed by atoms with Gasteiger partial charge in [-0.15, -0.1) is 0 Å². The Labute approximate surface area is 151 Å². The van der Waals surface area contributed by atoms with E-state index in [0.717, 1.165) is 11.3 Å². The highest BCUT2D eigenvalue weighted by atomic mass is 16.6. The van der Waals surface area contributed by atoms with Crippen LogP contribution in [-0.2, 0) is 0 Å². The molecule has 2 amide bonds. The van der Waals surface area contributed by atoms with Gasteiger partial charge in [-0.25, -0.2) is 4.79 Å². The fourth-order valence-electron chi connectivity index (χ4n) is 2.48. The summed E-state index contributed by atoms with van der Waals surface area (Å²) in [6, 6.07) is 10.7. The number of carbonyl (C=O) groups is 1. The number of carbonyl (C=O) groups excluding carboxylic acids is 1. The van der Waals surface area contributed by atoms with Crippen LogP contribution in [0, 0.1) is 10.1 Å². The molecule has 0 spiro atoms. The Balaban J connectivity index is 2.13. The molecule has 2 aromatic carbocycles. The first kappa shape index (κ1) is 19.0. The van der Waals surface area contributed by atoms with Crippen molar-refractivity contribution in [2.24, 2.45) is 0 Å². The lowest BCUT2D eigenvalue weighted by Crippen LogP contribution is -2.32. The third-order valence-corrected chi connectivity index (χ3v) is 3.87. The van der Waals surface area contributed by atoms with Gasteiger partial charge in [-0.05, 0) is 30.2 Å². The van der Waals surface area contributed by atoms with Crippen molar-refractivity contribution in [3.8, 4) is 11.5 Å². The van der Waals surface area contributed by atoms with Gasteiger partial charge in [0.1, 0.15) is 11.5 Å². The second kappa shape index (κ2) is 8.70. The number of urea groups is 1. The van der Waals surface area contributed by atoms with E-state index in [1.807, 2.05) is 31.2 Å². The first-order valence-corrected chi connectivity index (χ1v) is 8.02. The molecule has 26 heavy (non-hydrogen) atoms. The molecule has 0 aliphatic heterocycles. The maximum atomic E-state index is 12.4. The summed E-state index contributed by atoms with van der Waals surface area (Å²) < 4.78 is 10.3. The maximum Gasteiger partial charge on any atom is 0.319 e. The van der Waals surface area contributed by atoms with E-state index in [1.54, 1.807) is 7.11 Å². The number of nitro benzene ring substituents is 1. The molecule has 0 saturated heterocycles. The van der Waals surface area contributed by atoms with Crippen LogP contribution in [0.25, 0.3) is 0 Å². The monoisotopic (exact) mass is 359 g/mol. The molecule has 0 bridgehead atoms. The van der Waals surface area contributed by atoms with E-state index < -0.39 is 11.0 Å². The van der Waals surface area contributed by atoms with Crippen LogP contribution in [-0.4, -0.2) is 25.2 Å². The lowest BCUT2D eigenvalue weighted by atomic mass is 10.0. The lowest BCUT2D eigenvalue weighted by Gasteiger charge is -2.19. The molecule has 1 unspecified atom stereocenters. The summed E-state index contributed by atoms with van der Waals surface area (Å²) in [5.41, 5.74) is 1.02. The Hall–Kier alpha value is -3.29. The largest absolute Gasteiger partial charge is 0.497 e. The second-order valence-electron chi connectivity index (χ2n) is 5.47. The molecule has 2 rings (SSSR count). The van der Waals surface area contributed by atoms with Crippen molar-refractivity contribution in [1.29, 1.82) is 0 Å². The average molecular weight is 359 g/mol. The molecular weight excluding hydrogens is 338 g/mol. The normalized spacial score (nSPS) is 11.3. The van der Waals surface area contributed by atoms with Crippen LogP contribution in [0.1, 0.15) is 24.9 Å². The average Bonchev–Trinajstić information content (AvgIpc) is 2.66. The van der Waals surface area contributed by atoms with Gasteiger partial charge in [0, 0.05) is 12.1 Å². The highest BCUT2D eigenvalue weighted by molar-refractivity contribution is 5.91. The Morgan fingerprint density at radius 3 is 2.38 bits per heavy atom. The smallest absolute Gasteiger partial charge is 0.319 e. The van der Waals surface area contributed by atoms with Crippen molar-refractivity contribution in [2.75, 3.05) is 19.5 Å². The van der Waals surface area contributed by atoms with Crippen LogP contribution >= 0.6 is 0 Å². The molecule has 2 N–H and O–H groups in total. The zero-order chi connectivity index (χ0) is 19.1. The SMILES string of the molecule is CCC(NC(=O)Nc1cc([N+](=O)[O-])ccc1OC)c1ccc(OC)cc1. The molecule has 8 nitrogen and oxygen atoms in total. The predicted molar refractivity (Wildman–Crippen MR) is 97.8 cm³/mol. The van der Waals surface area contributed by atoms with E-state index in [9.17, 15) is 14.9 Å². The third-order valence-electron chi connectivity index (χ3n) is 3.87. The van der Waals surface area contributed by atoms with Crippen LogP contribution in [0.4, 0.5) is 16.2 Å². The summed E-state index contributed by atoms with van der Waals surface area (Å²) in [5.74, 6) is 1.07. The number of amides is 2. The number of nitrogens with zero attached hydrogens (tertiary/aromatic N) is 1. The minimum absolute atomic E-state index is 0.136. The van der Waals surface area contributed by atoms with E-state index in [-0.39, 0.29) is 17.4 Å². The standard InChI is InChI=1S/C18H21N3O5/c1-4-15(12-5-8-14(25-2)9-6-12)19-18(22)20-16-11-13(21(23)24)7-10-17(16)26-3/h5-11,15H,4H2,1-3H3,(H2,19,20,22). The Morgan fingerprint density at radius 2 is 1.85 bits per heavy atom. The van der Waals surface area contributed by atoms with Crippen molar-refractivity contribution in [2.45, 2.75) is 19.4 Å². The quantitative estimate of drug-likeness (QED) is 0.577. The van der Waals surface area contributed by atoms with Gasteiger partial charge in [-0.3, -0.25) is 10.1 Å². The van der Waals surface area contributed by atoms with Gasteiger partial charge in [-0.1, -0.05) is 19.1 Å². The lowest BCUT2D eigenvalue weighted by molar-refractivity contribution is -0.384. The number of hydrogen-bond acceptors (Lipinski definition) is 5. The minimum Gasteiger partial charge on any atom is -0.497 e. The zero-order valence-corrected chi connectivity index (χ0v) is 14.8. The van der Waals surface area contributed by atoms with E-state index >= 15 is 0 Å². The van der Waals surface area contributed by atoms with Gasteiger partial charge >= 0.3 is 6.03 Å². The van der Waals surface area contributed by atoms with Gasteiger partial charge in [-0.2, -0.15) is 0 Å². The molecule has 0 saturated carbocycles. The van der Waals surface area contributed by atoms with Crippen molar-refractivity contribution in [3.63, 3.8) is 0 Å². The Morgan fingerprint density at radius 1 is 1.15 bits per heavy atom. The predicted octanol–water partition coefficient (Wildman–Crippen LogP) is 3.88. The Kier molecular flexibility index (Phi) is 6.37. The number of anilines is 1. The number of nitrogens with one attached hydrogen (secondary N) is 2. The number of rotatable bonds is 7. The van der Waals surface area contributed by atoms with Gasteiger partial charge < -0.3 is 20.1 Å². The van der Waals surface area contributed by atoms with E-state index in [0.29, 0.717) is 12.2 Å². The molecular formula is C18H21N3O5. The van der Waals surface area contributed by atoms with E-state index in [4.69, 9.17) is 9.47 Å². The summed E-state index contributed by atoms with van der Waals surface area (Å²) in [4.78, 5) is 22.7. The first-order valence-electron chi connectivity index (χ1n) is 8.02. The fourth-order valence-corrected chi connectivity index (χ4v) is 2.48. The van der Waals surface area contributed by atoms with Crippen LogP contribution in [0.15, 0.2) is 42.5 Å². The van der Waals surface area contributed by atoms with Gasteiger partial charge in [0.2, 0.25) is 0 Å². The van der Waals surface area contributed by atoms with E-state index in [2.05, 4.69) is 10.6 Å². The summed E-state index contributed by atoms with van der Waals surface area (Å²) in [6.07, 6.45) is 0.672. The highest BCUT2D eigenvalue weighted by Crippen LogP contribution is 2.29. The van der Waals surface area contributed by atoms with Crippen molar-refractivity contribution < 1.29 is 19.2 Å². The zero-order valence-electron chi connectivity index (χ0n) is 14.8. The molecule has 138 valence electrons.